The fourth-order valence-electron chi connectivity index (χ4n) is 3.40. The minimum Gasteiger partial charge on any atom is -0.375 e. The second-order valence-corrected chi connectivity index (χ2v) is 7.77. The van der Waals surface area contributed by atoms with Crippen LogP contribution in [-0.4, -0.2) is 60.7 Å². The molecule has 3 atom stereocenters. The highest BCUT2D eigenvalue weighted by molar-refractivity contribution is 7.88. The van der Waals surface area contributed by atoms with Crippen molar-refractivity contribution < 1.29 is 13.2 Å². The summed E-state index contributed by atoms with van der Waals surface area (Å²) in [6.45, 7) is 2.17. The van der Waals surface area contributed by atoms with Crippen LogP contribution in [-0.2, 0) is 28.4 Å². The van der Waals surface area contributed by atoms with E-state index in [1.807, 2.05) is 19.4 Å². The molecule has 0 aromatic carbocycles. The number of hydrogen-bond acceptors (Lipinski definition) is 5. The van der Waals surface area contributed by atoms with Crippen LogP contribution in [0.3, 0.4) is 0 Å². The van der Waals surface area contributed by atoms with E-state index in [1.54, 1.807) is 4.68 Å². The lowest BCUT2D eigenvalue weighted by Crippen LogP contribution is -2.47. The molecule has 1 aromatic rings. The Morgan fingerprint density at radius 1 is 1.52 bits per heavy atom. The van der Waals surface area contributed by atoms with Gasteiger partial charge in [-0.15, -0.1) is 0 Å². The van der Waals surface area contributed by atoms with E-state index < -0.39 is 10.0 Å². The molecule has 8 heteroatoms. The lowest BCUT2D eigenvalue weighted by molar-refractivity contribution is -0.0193. The van der Waals surface area contributed by atoms with Crippen molar-refractivity contribution in [3.63, 3.8) is 0 Å². The van der Waals surface area contributed by atoms with E-state index in [1.165, 1.54) is 6.26 Å². The van der Waals surface area contributed by atoms with Gasteiger partial charge in [0.15, 0.2) is 0 Å². The highest BCUT2D eigenvalue weighted by Crippen LogP contribution is 2.30. The quantitative estimate of drug-likeness (QED) is 0.826. The molecule has 21 heavy (non-hydrogen) atoms. The Labute approximate surface area is 125 Å². The van der Waals surface area contributed by atoms with Gasteiger partial charge in [0.05, 0.1) is 24.6 Å². The number of nitrogens with zero attached hydrogens (tertiary/aromatic N) is 3. The van der Waals surface area contributed by atoms with Crippen LogP contribution in [0.15, 0.2) is 12.4 Å². The first kappa shape index (κ1) is 15.0. The van der Waals surface area contributed by atoms with E-state index in [-0.39, 0.29) is 18.2 Å². The monoisotopic (exact) mass is 314 g/mol. The Bertz CT molecular complexity index is 600. The Morgan fingerprint density at radius 2 is 2.33 bits per heavy atom. The number of likely N-dealkylation sites (tertiary alicyclic amines) is 1. The van der Waals surface area contributed by atoms with Gasteiger partial charge in [-0.2, -0.15) is 5.10 Å². The van der Waals surface area contributed by atoms with Crippen LogP contribution in [0.25, 0.3) is 0 Å². The summed E-state index contributed by atoms with van der Waals surface area (Å²) >= 11 is 0. The molecule has 0 aliphatic carbocycles. The van der Waals surface area contributed by atoms with Gasteiger partial charge in [0.2, 0.25) is 10.0 Å². The molecule has 7 nitrogen and oxygen atoms in total. The van der Waals surface area contributed by atoms with Crippen molar-refractivity contribution >= 4 is 10.0 Å². The minimum atomic E-state index is -3.22. The number of fused-ring (bicyclic) bond motifs is 1. The summed E-state index contributed by atoms with van der Waals surface area (Å²) in [4.78, 5) is 2.31. The largest absolute Gasteiger partial charge is 0.375 e. The first-order chi connectivity index (χ1) is 9.92. The second-order valence-electron chi connectivity index (χ2n) is 5.99. The summed E-state index contributed by atoms with van der Waals surface area (Å²) in [6.07, 6.45) is 7.08. The molecule has 0 unspecified atom stereocenters. The molecule has 0 saturated carbocycles. The van der Waals surface area contributed by atoms with E-state index in [0.29, 0.717) is 13.2 Å². The lowest BCUT2D eigenvalue weighted by Gasteiger charge is -2.32. The predicted molar refractivity (Wildman–Crippen MR) is 78.1 cm³/mol. The third kappa shape index (κ3) is 3.45. The molecule has 0 spiro atoms. The van der Waals surface area contributed by atoms with Crippen molar-refractivity contribution in [1.82, 2.24) is 19.4 Å². The smallest absolute Gasteiger partial charge is 0.209 e. The zero-order valence-electron chi connectivity index (χ0n) is 12.4. The SMILES string of the molecule is Cn1cc(CN2C[C@@H](NS(C)(=O)=O)[C@@H]3OCCC[C@@H]32)cn1. The van der Waals surface area contributed by atoms with Crippen LogP contribution in [0.1, 0.15) is 18.4 Å². The van der Waals surface area contributed by atoms with Gasteiger partial charge in [-0.25, -0.2) is 13.1 Å². The topological polar surface area (TPSA) is 76.5 Å². The highest BCUT2D eigenvalue weighted by atomic mass is 32.2. The Morgan fingerprint density at radius 3 is 3.00 bits per heavy atom. The lowest BCUT2D eigenvalue weighted by atomic mass is 10.0. The summed E-state index contributed by atoms with van der Waals surface area (Å²) < 4.78 is 33.4. The Hall–Kier alpha value is -0.960. The molecule has 1 aromatic heterocycles. The van der Waals surface area contributed by atoms with Crippen molar-refractivity contribution in [2.75, 3.05) is 19.4 Å². The molecule has 1 N–H and O–H groups in total. The number of aryl methyl sites for hydroxylation is 1. The van der Waals surface area contributed by atoms with Gasteiger partial charge in [0.25, 0.3) is 0 Å². The van der Waals surface area contributed by atoms with Crippen molar-refractivity contribution in [1.29, 1.82) is 0 Å². The third-order valence-electron chi connectivity index (χ3n) is 4.14. The summed E-state index contributed by atoms with van der Waals surface area (Å²) in [7, 11) is -1.33. The maximum absolute atomic E-state index is 11.5. The van der Waals surface area contributed by atoms with Gasteiger partial charge < -0.3 is 4.74 Å². The maximum Gasteiger partial charge on any atom is 0.209 e. The predicted octanol–water partition coefficient (Wildman–Crippen LogP) is -0.299. The van der Waals surface area contributed by atoms with E-state index in [0.717, 1.165) is 24.9 Å². The van der Waals surface area contributed by atoms with Crippen LogP contribution in [0.5, 0.6) is 0 Å². The summed E-state index contributed by atoms with van der Waals surface area (Å²) in [5, 5.41) is 4.19. The molecule has 3 heterocycles. The van der Waals surface area contributed by atoms with Crippen LogP contribution in [0.4, 0.5) is 0 Å². The van der Waals surface area contributed by atoms with Crippen LogP contribution in [0, 0.1) is 0 Å². The molecule has 2 aliphatic heterocycles. The Balaban J connectivity index is 1.74. The van der Waals surface area contributed by atoms with Crippen LogP contribution < -0.4 is 4.72 Å². The molecule has 0 radical (unpaired) electrons. The number of hydrogen-bond donors (Lipinski definition) is 1. The molecule has 0 bridgehead atoms. The molecule has 0 amide bonds. The summed E-state index contributed by atoms with van der Waals surface area (Å²) in [5.41, 5.74) is 1.14. The molecule has 2 aliphatic rings. The normalized spacial score (nSPS) is 30.5. The average molecular weight is 314 g/mol. The molecule has 2 fully saturated rings. The maximum atomic E-state index is 11.5. The van der Waals surface area contributed by atoms with E-state index in [9.17, 15) is 8.42 Å². The first-order valence-electron chi connectivity index (χ1n) is 7.23. The van der Waals surface area contributed by atoms with Crippen LogP contribution in [0.2, 0.25) is 0 Å². The molecule has 118 valence electrons. The van der Waals surface area contributed by atoms with E-state index in [4.69, 9.17) is 4.74 Å². The summed E-state index contributed by atoms with van der Waals surface area (Å²) in [6, 6.07) is 0.111. The van der Waals surface area contributed by atoms with Crippen molar-refractivity contribution in [2.24, 2.45) is 7.05 Å². The zero-order chi connectivity index (χ0) is 15.0. The zero-order valence-corrected chi connectivity index (χ0v) is 13.2. The Kier molecular flexibility index (Phi) is 4.04. The van der Waals surface area contributed by atoms with Crippen molar-refractivity contribution in [2.45, 2.75) is 37.6 Å². The number of aromatic nitrogens is 2. The average Bonchev–Trinajstić information content (AvgIpc) is 2.94. The van der Waals surface area contributed by atoms with Gasteiger partial charge in [-0.3, -0.25) is 9.58 Å². The second kappa shape index (κ2) is 5.68. The molecule has 3 rings (SSSR count). The molecule has 2 saturated heterocycles. The number of sulfonamides is 1. The first-order valence-corrected chi connectivity index (χ1v) is 9.12. The van der Waals surface area contributed by atoms with Gasteiger partial charge in [0.1, 0.15) is 0 Å². The van der Waals surface area contributed by atoms with Gasteiger partial charge >= 0.3 is 0 Å². The highest BCUT2D eigenvalue weighted by Gasteiger charge is 2.44. The summed E-state index contributed by atoms with van der Waals surface area (Å²) in [5.74, 6) is 0. The van der Waals surface area contributed by atoms with Gasteiger partial charge in [-0.1, -0.05) is 0 Å². The van der Waals surface area contributed by atoms with Gasteiger partial charge in [-0.05, 0) is 12.8 Å². The van der Waals surface area contributed by atoms with Crippen LogP contribution >= 0.6 is 0 Å². The fraction of sp³-hybridized carbons (Fsp3) is 0.769. The third-order valence-corrected chi connectivity index (χ3v) is 4.87. The molecular formula is C13H22N4O3S. The van der Waals surface area contributed by atoms with E-state index in [2.05, 4.69) is 14.7 Å². The van der Waals surface area contributed by atoms with Gasteiger partial charge in [0, 0.05) is 44.5 Å². The standard InChI is InChI=1S/C13H22N4O3S/c1-16-7-10(6-14-16)8-17-9-11(15-21(2,18)19)13-12(17)4-3-5-20-13/h6-7,11-13,15H,3-5,8-9H2,1-2H3/t11-,12+,13+/m1/s1. The van der Waals surface area contributed by atoms with E-state index >= 15 is 0 Å². The number of nitrogens with one attached hydrogen (secondary N) is 1. The number of ether oxygens (including phenoxy) is 1. The fourth-order valence-corrected chi connectivity index (χ4v) is 4.16. The number of rotatable bonds is 4. The van der Waals surface area contributed by atoms with Crippen molar-refractivity contribution in [3.8, 4) is 0 Å². The van der Waals surface area contributed by atoms with Crippen molar-refractivity contribution in [3.05, 3.63) is 18.0 Å². The molecular weight excluding hydrogens is 292 g/mol. The minimum absolute atomic E-state index is 0.0508.